The quantitative estimate of drug-likeness (QED) is 0.759. The third-order valence-corrected chi connectivity index (χ3v) is 4.03. The second-order valence-electron chi connectivity index (χ2n) is 4.79. The van der Waals surface area contributed by atoms with Crippen molar-refractivity contribution in [3.05, 3.63) is 70.2 Å². The lowest BCUT2D eigenvalue weighted by molar-refractivity contribution is 0.557. The van der Waals surface area contributed by atoms with Gasteiger partial charge in [0.2, 0.25) is 0 Å². The van der Waals surface area contributed by atoms with E-state index in [1.807, 2.05) is 0 Å². The van der Waals surface area contributed by atoms with Crippen molar-refractivity contribution in [1.82, 2.24) is 5.32 Å². The van der Waals surface area contributed by atoms with Crippen molar-refractivity contribution in [2.45, 2.75) is 25.8 Å². The van der Waals surface area contributed by atoms with E-state index in [1.54, 1.807) is 0 Å². The molecule has 2 rings (SSSR count). The molecular formula is C17H20BrN. The number of nitrogens with one attached hydrogen (secondary N) is 1. The Kier molecular flexibility index (Phi) is 5.62. The second-order valence-corrected chi connectivity index (χ2v) is 5.64. The lowest BCUT2D eigenvalue weighted by atomic mass is 10.1. The molecule has 0 fully saturated rings. The van der Waals surface area contributed by atoms with Crippen molar-refractivity contribution >= 4 is 15.9 Å². The van der Waals surface area contributed by atoms with Gasteiger partial charge in [-0.1, -0.05) is 64.5 Å². The molecule has 2 aromatic rings. The number of hydrogen-bond acceptors (Lipinski definition) is 1. The lowest BCUT2D eigenvalue weighted by Crippen LogP contribution is -2.20. The molecule has 0 bridgehead atoms. The topological polar surface area (TPSA) is 12.0 Å². The van der Waals surface area contributed by atoms with Gasteiger partial charge < -0.3 is 5.32 Å². The fraction of sp³-hybridized carbons (Fsp3) is 0.294. The molecule has 1 unspecified atom stereocenters. The third kappa shape index (κ3) is 4.48. The van der Waals surface area contributed by atoms with Crippen LogP contribution in [0.4, 0.5) is 0 Å². The third-order valence-electron chi connectivity index (χ3n) is 3.31. The Balaban J connectivity index is 1.76. The molecule has 2 aromatic carbocycles. The smallest absolute Gasteiger partial charge is 0.0302 e. The highest BCUT2D eigenvalue weighted by molar-refractivity contribution is 9.10. The Labute approximate surface area is 124 Å². The van der Waals surface area contributed by atoms with Gasteiger partial charge in [0.1, 0.15) is 0 Å². The maximum atomic E-state index is 3.60. The normalized spacial score (nSPS) is 12.3. The van der Waals surface area contributed by atoms with Gasteiger partial charge in [-0.2, -0.15) is 0 Å². The van der Waals surface area contributed by atoms with Crippen molar-refractivity contribution in [3.8, 4) is 0 Å². The minimum absolute atomic E-state index is 0.381. The molecule has 0 spiro atoms. The van der Waals surface area contributed by atoms with Crippen LogP contribution in [-0.4, -0.2) is 6.54 Å². The van der Waals surface area contributed by atoms with Gasteiger partial charge in [0.15, 0.2) is 0 Å². The Bertz CT molecular complexity index is 496. The molecule has 0 aliphatic heterocycles. The van der Waals surface area contributed by atoms with Gasteiger partial charge in [0.25, 0.3) is 0 Å². The van der Waals surface area contributed by atoms with E-state index >= 15 is 0 Å². The van der Waals surface area contributed by atoms with Crippen molar-refractivity contribution in [1.29, 1.82) is 0 Å². The van der Waals surface area contributed by atoms with E-state index in [2.05, 4.69) is 82.8 Å². The fourth-order valence-electron chi connectivity index (χ4n) is 2.19. The summed E-state index contributed by atoms with van der Waals surface area (Å²) in [6, 6.07) is 19.4. The molecule has 0 saturated carbocycles. The monoisotopic (exact) mass is 317 g/mol. The molecule has 1 N–H and O–H groups in total. The highest BCUT2D eigenvalue weighted by Crippen LogP contribution is 2.22. The van der Waals surface area contributed by atoms with E-state index < -0.39 is 0 Å². The van der Waals surface area contributed by atoms with E-state index in [0.717, 1.165) is 13.0 Å². The Morgan fingerprint density at radius 1 is 1.00 bits per heavy atom. The van der Waals surface area contributed by atoms with Crippen molar-refractivity contribution in [3.63, 3.8) is 0 Å². The van der Waals surface area contributed by atoms with Crippen LogP contribution in [0.15, 0.2) is 59.1 Å². The summed E-state index contributed by atoms with van der Waals surface area (Å²) in [5.41, 5.74) is 2.74. The summed E-state index contributed by atoms with van der Waals surface area (Å²) in [6.45, 7) is 3.25. The summed E-state index contributed by atoms with van der Waals surface area (Å²) >= 11 is 3.60. The molecule has 0 aromatic heterocycles. The first-order valence-electron chi connectivity index (χ1n) is 6.79. The maximum Gasteiger partial charge on any atom is 0.0302 e. The van der Waals surface area contributed by atoms with E-state index in [0.29, 0.717) is 6.04 Å². The number of hydrogen-bond donors (Lipinski definition) is 1. The van der Waals surface area contributed by atoms with Crippen LogP contribution in [0, 0.1) is 0 Å². The number of rotatable bonds is 6. The van der Waals surface area contributed by atoms with Crippen molar-refractivity contribution < 1.29 is 0 Å². The average molecular weight is 318 g/mol. The fourth-order valence-corrected chi connectivity index (χ4v) is 2.82. The Morgan fingerprint density at radius 3 is 2.42 bits per heavy atom. The predicted molar refractivity (Wildman–Crippen MR) is 85.3 cm³/mol. The Morgan fingerprint density at radius 2 is 1.68 bits per heavy atom. The summed E-state index contributed by atoms with van der Waals surface area (Å²) in [6.07, 6.45) is 2.30. The van der Waals surface area contributed by atoms with Crippen LogP contribution < -0.4 is 5.32 Å². The van der Waals surface area contributed by atoms with Gasteiger partial charge in [-0.25, -0.2) is 0 Å². The Hall–Kier alpha value is -1.12. The van der Waals surface area contributed by atoms with E-state index in [9.17, 15) is 0 Å². The maximum absolute atomic E-state index is 3.60. The van der Waals surface area contributed by atoms with Gasteiger partial charge >= 0.3 is 0 Å². The van der Waals surface area contributed by atoms with Crippen LogP contribution in [0.3, 0.4) is 0 Å². The SMILES string of the molecule is CC(NCCCc1ccccc1)c1ccccc1Br. The zero-order valence-corrected chi connectivity index (χ0v) is 12.9. The van der Waals surface area contributed by atoms with E-state index in [1.165, 1.54) is 22.0 Å². The van der Waals surface area contributed by atoms with Gasteiger partial charge in [-0.15, -0.1) is 0 Å². The number of benzene rings is 2. The van der Waals surface area contributed by atoms with Gasteiger partial charge in [0.05, 0.1) is 0 Å². The summed E-state index contributed by atoms with van der Waals surface area (Å²) < 4.78 is 1.18. The van der Waals surface area contributed by atoms with Gasteiger partial charge in [-0.05, 0) is 43.5 Å². The summed E-state index contributed by atoms with van der Waals surface area (Å²) in [5, 5.41) is 3.58. The number of halogens is 1. The van der Waals surface area contributed by atoms with Crippen LogP contribution in [0.2, 0.25) is 0 Å². The van der Waals surface area contributed by atoms with E-state index in [-0.39, 0.29) is 0 Å². The number of aryl methyl sites for hydroxylation is 1. The zero-order valence-electron chi connectivity index (χ0n) is 11.3. The highest BCUT2D eigenvalue weighted by Gasteiger charge is 2.07. The first kappa shape index (κ1) is 14.3. The molecule has 0 aliphatic rings. The average Bonchev–Trinajstić information content (AvgIpc) is 2.45. The van der Waals surface area contributed by atoms with Crippen LogP contribution >= 0.6 is 15.9 Å². The van der Waals surface area contributed by atoms with Crippen LogP contribution in [0.1, 0.15) is 30.5 Å². The molecule has 0 amide bonds. The van der Waals surface area contributed by atoms with Crippen LogP contribution in [-0.2, 0) is 6.42 Å². The molecule has 19 heavy (non-hydrogen) atoms. The molecular weight excluding hydrogens is 298 g/mol. The molecule has 0 saturated heterocycles. The zero-order chi connectivity index (χ0) is 13.5. The van der Waals surface area contributed by atoms with Crippen LogP contribution in [0.25, 0.3) is 0 Å². The largest absolute Gasteiger partial charge is 0.310 e. The first-order chi connectivity index (χ1) is 9.27. The van der Waals surface area contributed by atoms with E-state index in [4.69, 9.17) is 0 Å². The highest BCUT2D eigenvalue weighted by atomic mass is 79.9. The molecule has 0 heterocycles. The summed E-state index contributed by atoms with van der Waals surface area (Å²) in [4.78, 5) is 0. The van der Waals surface area contributed by atoms with Crippen molar-refractivity contribution in [2.75, 3.05) is 6.54 Å². The molecule has 1 atom stereocenters. The standard InChI is InChI=1S/C17H20BrN/c1-14(16-11-5-6-12-17(16)18)19-13-7-10-15-8-3-2-4-9-15/h2-6,8-9,11-12,14,19H,7,10,13H2,1H3. The van der Waals surface area contributed by atoms with Crippen LogP contribution in [0.5, 0.6) is 0 Å². The molecule has 100 valence electrons. The molecule has 0 radical (unpaired) electrons. The minimum atomic E-state index is 0.381. The van der Waals surface area contributed by atoms with Crippen molar-refractivity contribution in [2.24, 2.45) is 0 Å². The summed E-state index contributed by atoms with van der Waals surface area (Å²) in [7, 11) is 0. The molecule has 2 heteroatoms. The molecule has 1 nitrogen and oxygen atoms in total. The predicted octanol–water partition coefficient (Wildman–Crippen LogP) is 4.73. The second kappa shape index (κ2) is 7.46. The molecule has 0 aliphatic carbocycles. The van der Waals surface area contributed by atoms with Gasteiger partial charge in [0, 0.05) is 10.5 Å². The summed E-state index contributed by atoms with van der Waals surface area (Å²) in [5.74, 6) is 0. The van der Waals surface area contributed by atoms with Gasteiger partial charge in [-0.3, -0.25) is 0 Å². The lowest BCUT2D eigenvalue weighted by Gasteiger charge is -2.15. The minimum Gasteiger partial charge on any atom is -0.310 e. The first-order valence-corrected chi connectivity index (χ1v) is 7.58.